The highest BCUT2D eigenvalue weighted by Crippen LogP contribution is 2.39. The SMILES string of the molecule is CCC(CO)(CO)c1nc(-c2ccc(=O)n(-c3c(C)cc(Cl)cc3C)c2)c(-c2ccc(F)cc2F)o1. The van der Waals surface area contributed by atoms with Crippen molar-refractivity contribution in [3.8, 4) is 28.3 Å². The highest BCUT2D eigenvalue weighted by molar-refractivity contribution is 6.30. The summed E-state index contributed by atoms with van der Waals surface area (Å²) in [5.74, 6) is -1.64. The number of hydrogen-bond donors (Lipinski definition) is 2. The zero-order chi connectivity index (χ0) is 26.2. The molecule has 2 aromatic carbocycles. The number of rotatable bonds is 7. The minimum atomic E-state index is -1.22. The Morgan fingerprint density at radius 1 is 1.06 bits per heavy atom. The minimum absolute atomic E-state index is 0.000305. The van der Waals surface area contributed by atoms with E-state index in [1.807, 2.05) is 13.8 Å². The largest absolute Gasteiger partial charge is 0.439 e. The van der Waals surface area contributed by atoms with Crippen molar-refractivity contribution >= 4 is 11.6 Å². The number of oxazole rings is 1. The van der Waals surface area contributed by atoms with E-state index in [1.165, 1.54) is 22.8 Å². The number of aromatic nitrogens is 2. The Labute approximate surface area is 211 Å². The molecule has 0 unspecified atom stereocenters. The third kappa shape index (κ3) is 4.48. The molecule has 0 aliphatic heterocycles. The molecule has 0 saturated heterocycles. The smallest absolute Gasteiger partial charge is 0.255 e. The molecule has 0 amide bonds. The summed E-state index contributed by atoms with van der Waals surface area (Å²) in [6.07, 6.45) is 1.84. The van der Waals surface area contributed by atoms with Gasteiger partial charge in [-0.2, -0.15) is 0 Å². The van der Waals surface area contributed by atoms with Crippen LogP contribution in [0.5, 0.6) is 0 Å². The van der Waals surface area contributed by atoms with Gasteiger partial charge in [0.1, 0.15) is 17.3 Å². The number of aliphatic hydroxyl groups is 2. The first-order chi connectivity index (χ1) is 17.1. The van der Waals surface area contributed by atoms with E-state index in [1.54, 1.807) is 25.3 Å². The van der Waals surface area contributed by atoms with Crippen LogP contribution in [0.25, 0.3) is 28.3 Å². The molecular weight excluding hydrogens is 490 g/mol. The predicted octanol–water partition coefficient (Wildman–Crippen LogP) is 5.34. The van der Waals surface area contributed by atoms with Crippen LogP contribution in [0, 0.1) is 25.5 Å². The van der Waals surface area contributed by atoms with E-state index in [0.29, 0.717) is 16.3 Å². The van der Waals surface area contributed by atoms with Gasteiger partial charge in [0.2, 0.25) is 5.89 Å². The van der Waals surface area contributed by atoms with Crippen molar-refractivity contribution in [3.63, 3.8) is 0 Å². The number of benzene rings is 2. The standard InChI is InChI=1S/C27H25ClF2N2O4/c1-4-27(13-33,14-34)26-31-23(25(36-26)20-7-6-19(29)11-21(20)30)17-5-8-22(35)32(12-17)24-15(2)9-18(28)10-16(24)3/h5-12,33-34H,4,13-14H2,1-3H3. The van der Waals surface area contributed by atoms with Crippen molar-refractivity contribution in [1.29, 1.82) is 0 Å². The summed E-state index contributed by atoms with van der Waals surface area (Å²) in [5.41, 5.74) is 1.19. The van der Waals surface area contributed by atoms with Crippen LogP contribution < -0.4 is 5.56 Å². The highest BCUT2D eigenvalue weighted by Gasteiger charge is 2.36. The fraction of sp³-hybridized carbons (Fsp3) is 0.259. The first-order valence-electron chi connectivity index (χ1n) is 11.3. The topological polar surface area (TPSA) is 88.5 Å². The van der Waals surface area contributed by atoms with Gasteiger partial charge in [0.05, 0.1) is 29.9 Å². The minimum Gasteiger partial charge on any atom is -0.439 e. The Hall–Kier alpha value is -3.33. The van der Waals surface area contributed by atoms with Gasteiger partial charge in [0.15, 0.2) is 5.76 Å². The van der Waals surface area contributed by atoms with Gasteiger partial charge in [-0.3, -0.25) is 9.36 Å². The van der Waals surface area contributed by atoms with Gasteiger partial charge in [-0.15, -0.1) is 0 Å². The molecule has 188 valence electrons. The molecule has 0 aliphatic rings. The highest BCUT2D eigenvalue weighted by atomic mass is 35.5. The summed E-state index contributed by atoms with van der Waals surface area (Å²) < 4.78 is 35.9. The quantitative estimate of drug-likeness (QED) is 0.347. The zero-order valence-corrected chi connectivity index (χ0v) is 20.7. The number of hydrogen-bond acceptors (Lipinski definition) is 5. The first kappa shape index (κ1) is 25.8. The van der Waals surface area contributed by atoms with Crippen LogP contribution in [0.2, 0.25) is 5.02 Å². The van der Waals surface area contributed by atoms with Gasteiger partial charge < -0.3 is 14.6 Å². The predicted molar refractivity (Wildman–Crippen MR) is 134 cm³/mol. The molecule has 4 rings (SSSR count). The molecule has 36 heavy (non-hydrogen) atoms. The van der Waals surface area contributed by atoms with E-state index in [9.17, 15) is 23.8 Å². The zero-order valence-electron chi connectivity index (χ0n) is 20.0. The number of nitrogens with zero attached hydrogens (tertiary/aromatic N) is 2. The molecule has 0 saturated carbocycles. The maximum Gasteiger partial charge on any atom is 0.255 e. The molecular formula is C27H25ClF2N2O4. The fourth-order valence-electron chi connectivity index (χ4n) is 4.24. The Bertz CT molecular complexity index is 1460. The third-order valence-corrected chi connectivity index (χ3v) is 6.64. The number of aryl methyl sites for hydroxylation is 2. The molecule has 6 nitrogen and oxygen atoms in total. The molecule has 0 bridgehead atoms. The van der Waals surface area contributed by atoms with Crippen molar-refractivity contribution in [3.05, 3.63) is 92.7 Å². The second-order valence-electron chi connectivity index (χ2n) is 8.79. The fourth-order valence-corrected chi connectivity index (χ4v) is 4.57. The van der Waals surface area contributed by atoms with E-state index in [2.05, 4.69) is 4.98 Å². The summed E-state index contributed by atoms with van der Waals surface area (Å²) in [5, 5.41) is 20.6. The van der Waals surface area contributed by atoms with Gasteiger partial charge in [-0.05, 0) is 61.7 Å². The van der Waals surface area contributed by atoms with Crippen LogP contribution in [-0.4, -0.2) is 33.0 Å². The summed E-state index contributed by atoms with van der Waals surface area (Å²) in [4.78, 5) is 17.4. The maximum absolute atomic E-state index is 14.8. The monoisotopic (exact) mass is 514 g/mol. The Morgan fingerprint density at radius 3 is 2.31 bits per heavy atom. The molecule has 4 aromatic rings. The maximum atomic E-state index is 14.8. The van der Waals surface area contributed by atoms with Gasteiger partial charge in [0, 0.05) is 28.9 Å². The molecule has 2 aromatic heterocycles. The van der Waals surface area contributed by atoms with Crippen LogP contribution in [0.1, 0.15) is 30.4 Å². The summed E-state index contributed by atoms with van der Waals surface area (Å²) in [7, 11) is 0. The lowest BCUT2D eigenvalue weighted by molar-refractivity contribution is 0.0923. The molecule has 0 aliphatic carbocycles. The van der Waals surface area contributed by atoms with Gasteiger partial charge in [0.25, 0.3) is 5.56 Å². The number of halogens is 3. The molecule has 0 fully saturated rings. The van der Waals surface area contributed by atoms with E-state index >= 15 is 0 Å². The van der Waals surface area contributed by atoms with Crippen LogP contribution in [0.15, 0.2) is 57.9 Å². The molecule has 2 heterocycles. The van der Waals surface area contributed by atoms with Crippen LogP contribution in [0.4, 0.5) is 8.78 Å². The lowest BCUT2D eigenvalue weighted by atomic mass is 9.87. The van der Waals surface area contributed by atoms with E-state index in [0.717, 1.165) is 23.3 Å². The van der Waals surface area contributed by atoms with Crippen molar-refractivity contribution < 1.29 is 23.4 Å². The second kappa shape index (κ2) is 9.97. The van der Waals surface area contributed by atoms with Gasteiger partial charge in [-0.1, -0.05) is 18.5 Å². The molecule has 9 heteroatoms. The van der Waals surface area contributed by atoms with Crippen molar-refractivity contribution in [1.82, 2.24) is 9.55 Å². The molecule has 0 spiro atoms. The lowest BCUT2D eigenvalue weighted by Crippen LogP contribution is -2.34. The molecule has 0 atom stereocenters. The molecule has 2 N–H and O–H groups in total. The Morgan fingerprint density at radius 2 is 1.72 bits per heavy atom. The lowest BCUT2D eigenvalue weighted by Gasteiger charge is -2.24. The van der Waals surface area contributed by atoms with Crippen molar-refractivity contribution in [2.24, 2.45) is 0 Å². The summed E-state index contributed by atoms with van der Waals surface area (Å²) in [6, 6.07) is 9.42. The first-order valence-corrected chi connectivity index (χ1v) is 11.7. The van der Waals surface area contributed by atoms with Crippen LogP contribution in [0.3, 0.4) is 0 Å². The van der Waals surface area contributed by atoms with Crippen LogP contribution in [-0.2, 0) is 5.41 Å². The Kier molecular flexibility index (Phi) is 7.13. The number of aliphatic hydroxyl groups excluding tert-OH is 2. The van der Waals surface area contributed by atoms with E-state index < -0.39 is 30.3 Å². The van der Waals surface area contributed by atoms with Crippen molar-refractivity contribution in [2.45, 2.75) is 32.6 Å². The number of pyridine rings is 1. The summed E-state index contributed by atoms with van der Waals surface area (Å²) in [6.45, 7) is 4.49. The summed E-state index contributed by atoms with van der Waals surface area (Å²) >= 11 is 6.16. The second-order valence-corrected chi connectivity index (χ2v) is 9.22. The van der Waals surface area contributed by atoms with Gasteiger partial charge >= 0.3 is 0 Å². The van der Waals surface area contributed by atoms with Gasteiger partial charge in [-0.25, -0.2) is 13.8 Å². The molecule has 0 radical (unpaired) electrons. The average molecular weight is 515 g/mol. The average Bonchev–Trinajstić information content (AvgIpc) is 3.27. The third-order valence-electron chi connectivity index (χ3n) is 6.42. The Balaban J connectivity index is 2.00. The van der Waals surface area contributed by atoms with Crippen molar-refractivity contribution in [2.75, 3.05) is 13.2 Å². The van der Waals surface area contributed by atoms with E-state index in [4.69, 9.17) is 16.0 Å². The van der Waals surface area contributed by atoms with Crippen LogP contribution >= 0.6 is 11.6 Å². The normalized spacial score (nSPS) is 11.8. The van der Waals surface area contributed by atoms with E-state index in [-0.39, 0.29) is 34.9 Å².